The van der Waals surface area contributed by atoms with Gasteiger partial charge in [0.1, 0.15) is 0 Å². The van der Waals surface area contributed by atoms with Gasteiger partial charge < -0.3 is 0 Å². The Labute approximate surface area is 316 Å². The molecule has 0 fully saturated rings. The fourth-order valence-electron chi connectivity index (χ4n) is 4.76. The first kappa shape index (κ1) is 40.1. The van der Waals surface area contributed by atoms with Crippen LogP contribution in [0, 0.1) is 51.2 Å². The molecule has 0 radical (unpaired) electrons. The molecule has 0 atom stereocenters. The quantitative estimate of drug-likeness (QED) is 0.0780. The minimum Gasteiger partial charge on any atom is -0.252 e. The first-order chi connectivity index (χ1) is 24.6. The number of benzene rings is 6. The van der Waals surface area contributed by atoms with Crippen LogP contribution in [0.2, 0.25) is 0 Å². The molecule has 0 saturated carbocycles. The van der Waals surface area contributed by atoms with Crippen molar-refractivity contribution >= 4 is 47.7 Å². The molecule has 0 spiro atoms. The summed E-state index contributed by atoms with van der Waals surface area (Å²) >= 11 is 0. The van der Waals surface area contributed by atoms with Gasteiger partial charge in [0.15, 0.2) is 5.60 Å². The largest absolute Gasteiger partial charge is 0.252 e. The number of nitriles is 4. The molecule has 0 unspecified atom stereocenters. The van der Waals surface area contributed by atoms with Crippen LogP contribution in [0.5, 0.6) is 0 Å². The summed E-state index contributed by atoms with van der Waals surface area (Å²) in [5, 5.41) is 49.7. The van der Waals surface area contributed by atoms with Gasteiger partial charge in [-0.15, -0.1) is 5.92 Å². The zero-order valence-corrected chi connectivity index (χ0v) is 31.2. The average molecular weight is 881 g/mol. The van der Waals surface area contributed by atoms with E-state index in [1.807, 2.05) is 0 Å². The van der Waals surface area contributed by atoms with Gasteiger partial charge in [0.2, 0.25) is 0 Å². The molecule has 1 N–H and O–H groups in total. The molecule has 0 aliphatic heterocycles. The van der Waals surface area contributed by atoms with Crippen LogP contribution in [-0.2, 0) is 26.0 Å². The van der Waals surface area contributed by atoms with Crippen molar-refractivity contribution in [3.05, 3.63) is 188 Å². The van der Waals surface area contributed by atoms with Crippen molar-refractivity contribution in [2.24, 2.45) is 0 Å². The van der Waals surface area contributed by atoms with E-state index < -0.39 is 27.4 Å². The monoisotopic (exact) mass is 880 g/mol. The Morgan fingerprint density at radius 2 is 0.608 bits per heavy atom. The van der Waals surface area contributed by atoms with Gasteiger partial charge in [-0.3, -0.25) is 5.26 Å². The Hall–Kier alpha value is -5.38. The van der Waals surface area contributed by atoms with Crippen LogP contribution in [0.15, 0.2) is 182 Å². The zero-order valence-electron chi connectivity index (χ0n) is 27.2. The minimum absolute atomic E-state index is 0. The zero-order chi connectivity index (χ0) is 35.4. The van der Waals surface area contributed by atoms with E-state index in [2.05, 4.69) is 187 Å². The van der Waals surface area contributed by atoms with E-state index in [1.54, 1.807) is 0 Å². The van der Waals surface area contributed by atoms with Crippen LogP contribution in [0.1, 0.15) is 0 Å². The Kier molecular flexibility index (Phi) is 17.0. The van der Waals surface area contributed by atoms with Gasteiger partial charge in [-0.1, -0.05) is 194 Å². The Morgan fingerprint density at radius 3 is 0.725 bits per heavy atom. The minimum atomic E-state index is -2.50. The maximum absolute atomic E-state index is 8.33. The Morgan fingerprint density at radius 1 is 0.412 bits per heavy atom. The maximum atomic E-state index is 8.33. The van der Waals surface area contributed by atoms with Gasteiger partial charge in [0.05, 0.1) is 12.1 Å². The predicted octanol–water partition coefficient (Wildman–Crippen LogP) is 6.77. The van der Waals surface area contributed by atoms with Crippen LogP contribution in [0.3, 0.4) is 0 Å². The topological polar surface area (TPSA) is 125 Å². The number of rotatable bonds is 8. The summed E-state index contributed by atoms with van der Waals surface area (Å²) in [6.07, 6.45) is 0. The molecular formula is C42H31N4O2P2Pt-. The molecule has 51 heavy (non-hydrogen) atoms. The van der Waals surface area contributed by atoms with Crippen molar-refractivity contribution in [2.45, 2.75) is 5.60 Å². The summed E-state index contributed by atoms with van der Waals surface area (Å²) in [5.74, 6) is -0.810. The standard InChI is InChI=1S/2C18H15P.C6HN4O2.Pt/c2*1-4-10-16(11-5-1)19(17-12-6-2-7-13-17)18-14-8-3-9-15-18;7-1-5(2-8)6(3-9,4-10)12-11;/h2*1-15H;11H;/q;;-1;. The molecule has 0 aliphatic rings. The fraction of sp³-hybridized carbons (Fsp3) is 0.0238. The van der Waals surface area contributed by atoms with E-state index in [4.69, 9.17) is 26.3 Å². The summed E-state index contributed by atoms with van der Waals surface area (Å²) in [4.78, 5) is 3.48. The Balaban J connectivity index is 0.000000211. The first-order valence-electron chi connectivity index (χ1n) is 15.3. The van der Waals surface area contributed by atoms with E-state index in [9.17, 15) is 0 Å². The van der Waals surface area contributed by atoms with Crippen LogP contribution in [-0.4, -0.2) is 10.9 Å². The van der Waals surface area contributed by atoms with Crippen LogP contribution in [0.4, 0.5) is 0 Å². The van der Waals surface area contributed by atoms with Crippen LogP contribution < -0.4 is 31.8 Å². The second-order valence-electron chi connectivity index (χ2n) is 10.3. The molecule has 6 aromatic rings. The van der Waals surface area contributed by atoms with Crippen molar-refractivity contribution in [3.8, 4) is 24.3 Å². The molecule has 6 nitrogen and oxygen atoms in total. The summed E-state index contributed by atoms with van der Waals surface area (Å²) in [5.41, 5.74) is -2.50. The van der Waals surface area contributed by atoms with E-state index >= 15 is 0 Å². The van der Waals surface area contributed by atoms with Crippen LogP contribution in [0.25, 0.3) is 0 Å². The number of hydrogen-bond donors (Lipinski definition) is 1. The molecule has 0 amide bonds. The average Bonchev–Trinajstić information content (AvgIpc) is 3.20. The number of hydrogen-bond acceptors (Lipinski definition) is 6. The van der Waals surface area contributed by atoms with Crippen molar-refractivity contribution in [1.29, 1.82) is 21.0 Å². The van der Waals surface area contributed by atoms with E-state index in [1.165, 1.54) is 56.1 Å². The van der Waals surface area contributed by atoms with Crippen molar-refractivity contribution in [3.63, 3.8) is 0 Å². The third kappa shape index (κ3) is 11.1. The number of nitrogens with zero attached hydrogens (tertiary/aromatic N) is 4. The molecule has 0 aromatic heterocycles. The van der Waals surface area contributed by atoms with Gasteiger partial charge >= 0.3 is 0 Å². The normalized spacial score (nSPS) is 9.86. The second kappa shape index (κ2) is 21.6. The van der Waals surface area contributed by atoms with E-state index in [0.717, 1.165) is 0 Å². The van der Waals surface area contributed by atoms with E-state index in [-0.39, 0.29) is 21.1 Å². The van der Waals surface area contributed by atoms with E-state index in [0.29, 0.717) is 0 Å². The molecule has 9 heteroatoms. The molecule has 252 valence electrons. The maximum Gasteiger partial charge on any atom is 0.195 e. The van der Waals surface area contributed by atoms with Crippen molar-refractivity contribution < 1.29 is 31.2 Å². The Bertz CT molecular complexity index is 1720. The third-order valence-corrected chi connectivity index (χ3v) is 12.0. The van der Waals surface area contributed by atoms with Gasteiger partial charge in [0, 0.05) is 21.1 Å². The molecule has 6 aromatic carbocycles. The summed E-state index contributed by atoms with van der Waals surface area (Å²) in [7, 11) is -0.892. The smallest absolute Gasteiger partial charge is 0.195 e. The molecule has 0 aliphatic carbocycles. The fourth-order valence-corrected chi connectivity index (χ4v) is 9.37. The first-order valence-corrected chi connectivity index (χ1v) is 18.0. The van der Waals surface area contributed by atoms with Crippen molar-refractivity contribution in [2.75, 3.05) is 0 Å². The molecule has 0 heterocycles. The summed E-state index contributed by atoms with van der Waals surface area (Å²) in [6, 6.07) is 69.6. The van der Waals surface area contributed by atoms with Gasteiger partial charge in [-0.2, -0.15) is 10.5 Å². The predicted molar refractivity (Wildman–Crippen MR) is 202 cm³/mol. The van der Waals surface area contributed by atoms with Crippen molar-refractivity contribution in [1.82, 2.24) is 0 Å². The summed E-state index contributed by atoms with van der Waals surface area (Å²) < 4.78 is 0. The molecule has 0 bridgehead atoms. The van der Waals surface area contributed by atoms with Gasteiger partial charge in [-0.05, 0) is 47.7 Å². The third-order valence-electron chi connectivity index (χ3n) is 7.11. The summed E-state index contributed by atoms with van der Waals surface area (Å²) in [6.45, 7) is 0. The SMILES string of the molecule is N#C[C-](C#N)C(C#N)(C#N)OO.[Pt].c1ccc(P(c2ccccc2)c2ccccc2)cc1.c1ccc(P(c2ccccc2)c2ccccc2)cc1. The van der Waals surface area contributed by atoms with Crippen LogP contribution >= 0.6 is 15.8 Å². The van der Waals surface area contributed by atoms with Gasteiger partial charge in [-0.25, -0.2) is 15.4 Å². The van der Waals surface area contributed by atoms with Gasteiger partial charge in [0.25, 0.3) is 0 Å². The molecule has 0 saturated heterocycles. The molecular weight excluding hydrogens is 850 g/mol. The molecule has 6 rings (SSSR count). The second-order valence-corrected chi connectivity index (χ2v) is 14.7.